The molecule has 2 aromatic heterocycles. The fourth-order valence-electron chi connectivity index (χ4n) is 3.07. The van der Waals surface area contributed by atoms with Gasteiger partial charge in [-0.25, -0.2) is 4.52 Å². The number of nitrogens with zero attached hydrogens (tertiary/aromatic N) is 3. The van der Waals surface area contributed by atoms with Crippen molar-refractivity contribution in [2.75, 3.05) is 25.9 Å². The Hall–Kier alpha value is -2.86. The summed E-state index contributed by atoms with van der Waals surface area (Å²) in [5, 5.41) is 4.38. The molecule has 122 valence electrons. The monoisotopic (exact) mass is 321 g/mol. The molecule has 6 heteroatoms. The smallest absolute Gasteiger partial charge is 0.275 e. The third-order valence-corrected chi connectivity index (χ3v) is 4.49. The van der Waals surface area contributed by atoms with Crippen LogP contribution in [0.2, 0.25) is 0 Å². The van der Waals surface area contributed by atoms with Crippen molar-refractivity contribution in [1.82, 2.24) is 19.5 Å². The number of fused-ring (bicyclic) bond motifs is 1. The zero-order valence-corrected chi connectivity index (χ0v) is 13.5. The highest BCUT2D eigenvalue weighted by molar-refractivity contribution is 5.80. The van der Waals surface area contributed by atoms with Crippen molar-refractivity contribution in [2.24, 2.45) is 0 Å². The van der Waals surface area contributed by atoms with Crippen LogP contribution in [0.25, 0.3) is 22.2 Å². The molecule has 6 nitrogen and oxygen atoms in total. The molecule has 0 aliphatic carbocycles. The molecule has 0 bridgehead atoms. The Kier molecular flexibility index (Phi) is 3.46. The number of anilines is 1. The minimum absolute atomic E-state index is 0.128. The average Bonchev–Trinajstić information content (AvgIpc) is 3.01. The van der Waals surface area contributed by atoms with E-state index < -0.39 is 0 Å². The first kappa shape index (κ1) is 14.7. The molecule has 3 N–H and O–H groups in total. The second-order valence-corrected chi connectivity index (χ2v) is 6.21. The summed E-state index contributed by atoms with van der Waals surface area (Å²) < 4.78 is 1.67. The molecule has 0 radical (unpaired) electrons. The number of H-pyrrole nitrogens is 1. The predicted octanol–water partition coefficient (Wildman–Crippen LogP) is 1.99. The lowest BCUT2D eigenvalue weighted by atomic mass is 10.1. The van der Waals surface area contributed by atoms with Gasteiger partial charge in [0.25, 0.3) is 5.56 Å². The lowest BCUT2D eigenvalue weighted by molar-refractivity contribution is 0.369. The van der Waals surface area contributed by atoms with Gasteiger partial charge < -0.3 is 15.6 Å². The maximum absolute atomic E-state index is 12.6. The van der Waals surface area contributed by atoms with Gasteiger partial charge in [-0.3, -0.25) is 4.79 Å². The Morgan fingerprint density at radius 3 is 2.75 bits per heavy atom. The quantitative estimate of drug-likeness (QED) is 0.708. The van der Waals surface area contributed by atoms with Gasteiger partial charge in [0.1, 0.15) is 5.52 Å². The van der Waals surface area contributed by atoms with Crippen molar-refractivity contribution in [1.29, 1.82) is 0 Å². The van der Waals surface area contributed by atoms with Gasteiger partial charge in [0.2, 0.25) is 0 Å². The van der Waals surface area contributed by atoms with Crippen molar-refractivity contribution in [3.05, 3.63) is 58.8 Å². The summed E-state index contributed by atoms with van der Waals surface area (Å²) >= 11 is 0. The fraction of sp³-hybridized carbons (Fsp3) is 0.222. The summed E-state index contributed by atoms with van der Waals surface area (Å²) in [7, 11) is 2.09. The number of aromatic nitrogens is 3. The molecule has 0 amide bonds. The highest BCUT2D eigenvalue weighted by Crippen LogP contribution is 2.25. The molecular weight excluding hydrogens is 302 g/mol. The minimum atomic E-state index is -0.128. The molecule has 0 fully saturated rings. The summed E-state index contributed by atoms with van der Waals surface area (Å²) in [6.45, 7) is 1.88. The topological polar surface area (TPSA) is 79.4 Å². The third-order valence-electron chi connectivity index (χ3n) is 4.49. The predicted molar refractivity (Wildman–Crippen MR) is 95.8 cm³/mol. The van der Waals surface area contributed by atoms with Crippen molar-refractivity contribution in [3.63, 3.8) is 0 Å². The Labute approximate surface area is 139 Å². The van der Waals surface area contributed by atoms with Crippen LogP contribution in [0.15, 0.2) is 47.5 Å². The number of nitrogens with two attached hydrogens (primary N) is 1. The number of rotatable bonds is 2. The Morgan fingerprint density at radius 1 is 1.25 bits per heavy atom. The molecule has 1 aliphatic rings. The van der Waals surface area contributed by atoms with Crippen LogP contribution in [-0.2, 0) is 0 Å². The number of hydrogen-bond acceptors (Lipinski definition) is 4. The third kappa shape index (κ3) is 2.51. The van der Waals surface area contributed by atoms with E-state index in [4.69, 9.17) is 5.73 Å². The zero-order chi connectivity index (χ0) is 16.7. The molecule has 3 aromatic rings. The van der Waals surface area contributed by atoms with E-state index in [1.807, 2.05) is 30.5 Å². The van der Waals surface area contributed by atoms with Crippen molar-refractivity contribution < 1.29 is 0 Å². The zero-order valence-electron chi connectivity index (χ0n) is 13.5. The average molecular weight is 321 g/mol. The van der Waals surface area contributed by atoms with E-state index in [1.54, 1.807) is 10.7 Å². The van der Waals surface area contributed by atoms with Gasteiger partial charge in [-0.2, -0.15) is 5.10 Å². The van der Waals surface area contributed by atoms with E-state index >= 15 is 0 Å². The van der Waals surface area contributed by atoms with E-state index in [0.717, 1.165) is 41.9 Å². The summed E-state index contributed by atoms with van der Waals surface area (Å²) in [6, 6.07) is 7.45. The van der Waals surface area contributed by atoms with Crippen LogP contribution in [0.3, 0.4) is 0 Å². The summed E-state index contributed by atoms with van der Waals surface area (Å²) in [5.74, 6) is 0. The number of benzene rings is 1. The van der Waals surface area contributed by atoms with Crippen LogP contribution >= 0.6 is 0 Å². The summed E-state index contributed by atoms with van der Waals surface area (Å²) in [6.07, 6.45) is 6.70. The Morgan fingerprint density at radius 2 is 2.04 bits per heavy atom. The van der Waals surface area contributed by atoms with E-state index in [1.165, 1.54) is 0 Å². The van der Waals surface area contributed by atoms with Crippen LogP contribution in [0.5, 0.6) is 0 Å². The largest absolute Gasteiger partial charge is 0.399 e. The van der Waals surface area contributed by atoms with Gasteiger partial charge >= 0.3 is 0 Å². The molecule has 0 saturated carbocycles. The SMILES string of the molecule is CN1CC=C(c2cn3ncc(-c4ccc(N)cc4)c3c(=O)[nH]2)CC1. The molecule has 1 aliphatic heterocycles. The molecule has 0 saturated heterocycles. The number of nitrogens with one attached hydrogen (secondary N) is 1. The molecule has 4 rings (SSSR count). The second kappa shape index (κ2) is 5.65. The van der Waals surface area contributed by atoms with Crippen molar-refractivity contribution in [3.8, 4) is 11.1 Å². The van der Waals surface area contributed by atoms with Gasteiger partial charge in [-0.15, -0.1) is 0 Å². The van der Waals surface area contributed by atoms with Crippen molar-refractivity contribution >= 4 is 16.8 Å². The lowest BCUT2D eigenvalue weighted by Crippen LogP contribution is -2.24. The highest BCUT2D eigenvalue weighted by Gasteiger charge is 2.15. The summed E-state index contributed by atoms with van der Waals surface area (Å²) in [4.78, 5) is 17.9. The van der Waals surface area contributed by atoms with E-state index in [2.05, 4.69) is 28.1 Å². The van der Waals surface area contributed by atoms with Crippen LogP contribution < -0.4 is 11.3 Å². The number of aromatic amines is 1. The number of likely N-dealkylation sites (N-methyl/N-ethyl adjacent to an activating group) is 1. The Bertz CT molecular complexity index is 981. The molecule has 1 aromatic carbocycles. The molecular formula is C18H19N5O. The van der Waals surface area contributed by atoms with Crippen LogP contribution in [0, 0.1) is 0 Å². The fourth-order valence-corrected chi connectivity index (χ4v) is 3.07. The molecule has 24 heavy (non-hydrogen) atoms. The normalized spacial score (nSPS) is 15.6. The molecule has 0 atom stereocenters. The standard InChI is InChI=1S/C18H19N5O/c1-22-8-6-13(7-9-22)16-11-23-17(18(24)21-16)15(10-20-23)12-2-4-14(19)5-3-12/h2-6,10-11H,7-9,19H2,1H3,(H,21,24). The first-order chi connectivity index (χ1) is 11.6. The van der Waals surface area contributed by atoms with E-state index in [9.17, 15) is 4.79 Å². The lowest BCUT2D eigenvalue weighted by Gasteiger charge is -2.21. The summed E-state index contributed by atoms with van der Waals surface area (Å²) in [5.41, 5.74) is 10.6. The maximum Gasteiger partial charge on any atom is 0.275 e. The highest BCUT2D eigenvalue weighted by atomic mass is 16.1. The number of hydrogen-bond donors (Lipinski definition) is 2. The van der Waals surface area contributed by atoms with Crippen LogP contribution in [0.1, 0.15) is 12.1 Å². The van der Waals surface area contributed by atoms with E-state index in [0.29, 0.717) is 11.2 Å². The van der Waals surface area contributed by atoms with Crippen molar-refractivity contribution in [2.45, 2.75) is 6.42 Å². The maximum atomic E-state index is 12.6. The molecule has 0 spiro atoms. The van der Waals surface area contributed by atoms with Crippen LogP contribution in [-0.4, -0.2) is 39.6 Å². The van der Waals surface area contributed by atoms with Gasteiger partial charge in [0, 0.05) is 24.3 Å². The van der Waals surface area contributed by atoms with Gasteiger partial charge in [0.15, 0.2) is 0 Å². The minimum Gasteiger partial charge on any atom is -0.399 e. The van der Waals surface area contributed by atoms with Gasteiger partial charge in [-0.1, -0.05) is 18.2 Å². The van der Waals surface area contributed by atoms with Gasteiger partial charge in [-0.05, 0) is 36.7 Å². The first-order valence-corrected chi connectivity index (χ1v) is 7.96. The Balaban J connectivity index is 1.81. The number of nitrogen functional groups attached to an aromatic ring is 1. The van der Waals surface area contributed by atoms with E-state index in [-0.39, 0.29) is 5.56 Å². The molecule has 3 heterocycles. The first-order valence-electron chi connectivity index (χ1n) is 7.96. The van der Waals surface area contributed by atoms with Crippen LogP contribution in [0.4, 0.5) is 5.69 Å². The second-order valence-electron chi connectivity index (χ2n) is 6.21. The molecule has 0 unspecified atom stereocenters. The van der Waals surface area contributed by atoms with Gasteiger partial charge in [0.05, 0.1) is 18.1 Å².